The number of phosphoric ester groups is 1. The lowest BCUT2D eigenvalue weighted by molar-refractivity contribution is -0.154. The predicted octanol–water partition coefficient (Wildman–Crippen LogP) is 14.9. The average molecular weight is 850 g/mol. The van der Waals surface area contributed by atoms with Gasteiger partial charge in [-0.05, 0) is 77.0 Å². The first-order valence-corrected chi connectivity index (χ1v) is 25.8. The topological polar surface area (TPSA) is 117 Å². The van der Waals surface area contributed by atoms with Gasteiger partial charge in [-0.15, -0.1) is 0 Å². The summed E-state index contributed by atoms with van der Waals surface area (Å²) in [7, 11) is -4.28. The highest BCUT2D eigenvalue weighted by atomic mass is 31.2. The van der Waals surface area contributed by atoms with E-state index in [4.69, 9.17) is 24.3 Å². The highest BCUT2D eigenvalue weighted by Gasteiger charge is 2.25. The molecule has 9 heteroatoms. The van der Waals surface area contributed by atoms with E-state index < -0.39 is 13.9 Å². The number of nitrogens with two attached hydrogens (primary N) is 1. The number of hydrogen-bond acceptors (Lipinski definition) is 7. The minimum Gasteiger partial charge on any atom is -0.457 e. The molecule has 0 saturated heterocycles. The SMILES string of the molecule is CC/C=C\C/C=C\C/C=C\C/C=C\CCCCCCCCCCCCC(=O)OC(COCCCCCCCC/C=C\CCCCCCCCC)COP(=O)(O)OCCN. The van der Waals surface area contributed by atoms with E-state index in [0.717, 1.165) is 57.8 Å². The van der Waals surface area contributed by atoms with E-state index in [1.165, 1.54) is 135 Å². The van der Waals surface area contributed by atoms with Gasteiger partial charge in [-0.25, -0.2) is 4.57 Å². The van der Waals surface area contributed by atoms with Gasteiger partial charge >= 0.3 is 13.8 Å². The zero-order valence-corrected chi connectivity index (χ0v) is 39.1. The molecule has 0 heterocycles. The van der Waals surface area contributed by atoms with Gasteiger partial charge in [-0.2, -0.15) is 0 Å². The van der Waals surface area contributed by atoms with E-state index >= 15 is 0 Å². The third-order valence-electron chi connectivity index (χ3n) is 10.2. The van der Waals surface area contributed by atoms with Crippen LogP contribution in [-0.2, 0) is 27.9 Å². The van der Waals surface area contributed by atoms with Crippen molar-refractivity contribution in [2.24, 2.45) is 5.73 Å². The summed E-state index contributed by atoms with van der Waals surface area (Å²) in [5, 5.41) is 0. The fraction of sp³-hybridized carbons (Fsp3) is 0.780. The summed E-state index contributed by atoms with van der Waals surface area (Å²) >= 11 is 0. The molecule has 59 heavy (non-hydrogen) atoms. The molecule has 0 aliphatic carbocycles. The molecule has 0 spiro atoms. The summed E-state index contributed by atoms with van der Waals surface area (Å²) < 4.78 is 33.5. The van der Waals surface area contributed by atoms with E-state index in [9.17, 15) is 14.3 Å². The number of phosphoric acid groups is 1. The largest absolute Gasteiger partial charge is 0.472 e. The number of ether oxygens (including phenoxy) is 2. The average Bonchev–Trinajstić information content (AvgIpc) is 3.23. The number of allylic oxidation sites excluding steroid dienone is 10. The minimum atomic E-state index is -4.28. The maximum Gasteiger partial charge on any atom is 0.472 e. The summed E-state index contributed by atoms with van der Waals surface area (Å²) in [6.07, 6.45) is 58.1. The molecule has 344 valence electrons. The smallest absolute Gasteiger partial charge is 0.457 e. The van der Waals surface area contributed by atoms with Gasteiger partial charge in [0.1, 0.15) is 6.10 Å². The minimum absolute atomic E-state index is 0.0968. The van der Waals surface area contributed by atoms with Crippen molar-refractivity contribution in [3.05, 3.63) is 60.8 Å². The summed E-state index contributed by atoms with van der Waals surface area (Å²) in [6, 6.07) is 0. The van der Waals surface area contributed by atoms with Crippen molar-refractivity contribution in [2.75, 3.05) is 33.0 Å². The Kier molecular flexibility index (Phi) is 45.8. The van der Waals surface area contributed by atoms with Crippen molar-refractivity contribution < 1.29 is 32.8 Å². The van der Waals surface area contributed by atoms with Crippen LogP contribution in [-0.4, -0.2) is 49.9 Å². The number of carbonyl (C=O) groups is 1. The van der Waals surface area contributed by atoms with Crippen molar-refractivity contribution >= 4 is 13.8 Å². The lowest BCUT2D eigenvalue weighted by Crippen LogP contribution is -2.28. The molecule has 8 nitrogen and oxygen atoms in total. The Morgan fingerprint density at radius 2 is 0.949 bits per heavy atom. The second kappa shape index (κ2) is 47.3. The van der Waals surface area contributed by atoms with Crippen molar-refractivity contribution in [2.45, 2.75) is 219 Å². The van der Waals surface area contributed by atoms with Crippen LogP contribution >= 0.6 is 7.82 Å². The second-order valence-electron chi connectivity index (χ2n) is 15.9. The Morgan fingerprint density at radius 1 is 0.525 bits per heavy atom. The lowest BCUT2D eigenvalue weighted by Gasteiger charge is -2.20. The number of hydrogen-bond donors (Lipinski definition) is 2. The molecule has 0 aromatic heterocycles. The van der Waals surface area contributed by atoms with Crippen LogP contribution in [0, 0.1) is 0 Å². The first-order chi connectivity index (χ1) is 28.9. The van der Waals surface area contributed by atoms with Crippen molar-refractivity contribution in [3.8, 4) is 0 Å². The van der Waals surface area contributed by atoms with E-state index in [1.54, 1.807) is 0 Å². The highest BCUT2D eigenvalue weighted by molar-refractivity contribution is 7.47. The fourth-order valence-electron chi connectivity index (χ4n) is 6.63. The van der Waals surface area contributed by atoms with Gasteiger partial charge in [-0.3, -0.25) is 13.8 Å². The van der Waals surface area contributed by atoms with Crippen molar-refractivity contribution in [1.29, 1.82) is 0 Å². The predicted molar refractivity (Wildman–Crippen MR) is 252 cm³/mol. The Hall–Kier alpha value is -1.80. The molecule has 0 aromatic rings. The third-order valence-corrected chi connectivity index (χ3v) is 11.2. The standard InChI is InChI=1S/C50H92NO7P/c1-3-5-7-9-11-13-15-17-19-21-22-23-24-25-26-27-29-31-33-35-37-39-41-43-50(52)58-49(48-57-59(53,54)56-46-44-51)47-55-45-42-40-38-36-34-32-30-28-20-18-16-14-12-10-8-6-4-2/h5,7,11,13,17,19-20,22-23,28,49H,3-4,6,8-10,12,14-16,18,21,24-27,29-48,51H2,1-2H3,(H,53,54)/b7-5-,13-11-,19-17-,23-22-,28-20-. The molecule has 2 unspecified atom stereocenters. The number of unbranched alkanes of at least 4 members (excludes halogenated alkanes) is 23. The Balaban J connectivity index is 3.98. The molecular weight excluding hydrogens is 758 g/mol. The summed E-state index contributed by atoms with van der Waals surface area (Å²) in [4.78, 5) is 22.6. The first-order valence-electron chi connectivity index (χ1n) is 24.3. The van der Waals surface area contributed by atoms with E-state index in [1.807, 2.05) is 0 Å². The van der Waals surface area contributed by atoms with E-state index in [-0.39, 0.29) is 32.3 Å². The van der Waals surface area contributed by atoms with Crippen LogP contribution < -0.4 is 5.73 Å². The van der Waals surface area contributed by atoms with Crippen LogP contribution in [0.4, 0.5) is 0 Å². The zero-order chi connectivity index (χ0) is 43.0. The fourth-order valence-corrected chi connectivity index (χ4v) is 7.40. The van der Waals surface area contributed by atoms with Crippen molar-refractivity contribution in [3.63, 3.8) is 0 Å². The highest BCUT2D eigenvalue weighted by Crippen LogP contribution is 2.43. The molecule has 0 bridgehead atoms. The molecule has 0 aromatic carbocycles. The van der Waals surface area contributed by atoms with Crippen LogP contribution in [0.3, 0.4) is 0 Å². The molecule has 3 N–H and O–H groups in total. The second-order valence-corrected chi connectivity index (χ2v) is 17.4. The first kappa shape index (κ1) is 57.2. The van der Waals surface area contributed by atoms with Crippen molar-refractivity contribution in [1.82, 2.24) is 0 Å². The van der Waals surface area contributed by atoms with Gasteiger partial charge in [0.15, 0.2) is 0 Å². The summed E-state index contributed by atoms with van der Waals surface area (Å²) in [6.45, 7) is 4.80. The molecule has 0 radical (unpaired) electrons. The van der Waals surface area contributed by atoms with Gasteiger partial charge in [0.05, 0.1) is 19.8 Å². The maximum absolute atomic E-state index is 12.6. The monoisotopic (exact) mass is 850 g/mol. The number of rotatable bonds is 46. The van der Waals surface area contributed by atoms with E-state index in [2.05, 4.69) is 74.6 Å². The van der Waals surface area contributed by atoms with Crippen LogP contribution in [0.2, 0.25) is 0 Å². The van der Waals surface area contributed by atoms with Crippen LogP contribution in [0.15, 0.2) is 60.8 Å². The van der Waals surface area contributed by atoms with Gasteiger partial charge in [0.2, 0.25) is 0 Å². The quantitative estimate of drug-likeness (QED) is 0.0269. The van der Waals surface area contributed by atoms with Gasteiger partial charge < -0.3 is 20.1 Å². The molecular formula is C50H92NO7P. The van der Waals surface area contributed by atoms with Gasteiger partial charge in [0, 0.05) is 19.6 Å². The number of esters is 1. The number of carbonyl (C=O) groups excluding carboxylic acids is 1. The Labute approximate surface area is 363 Å². The zero-order valence-electron chi connectivity index (χ0n) is 38.2. The molecule has 0 amide bonds. The molecule has 0 aliphatic rings. The molecule has 0 fully saturated rings. The van der Waals surface area contributed by atoms with E-state index in [0.29, 0.717) is 13.0 Å². The van der Waals surface area contributed by atoms with Crippen LogP contribution in [0.5, 0.6) is 0 Å². The molecule has 2 atom stereocenters. The molecule has 0 rings (SSSR count). The Morgan fingerprint density at radius 3 is 1.44 bits per heavy atom. The molecule has 0 saturated carbocycles. The van der Waals surface area contributed by atoms with Crippen LogP contribution in [0.25, 0.3) is 0 Å². The summed E-state index contributed by atoms with van der Waals surface area (Å²) in [5.41, 5.74) is 5.38. The maximum atomic E-state index is 12.6. The van der Waals surface area contributed by atoms with Gasteiger partial charge in [0.25, 0.3) is 0 Å². The third kappa shape index (κ3) is 47.1. The molecule has 0 aliphatic heterocycles. The van der Waals surface area contributed by atoms with Gasteiger partial charge in [-0.1, -0.05) is 190 Å². The summed E-state index contributed by atoms with van der Waals surface area (Å²) in [5.74, 6) is -0.337. The normalized spacial score (nSPS) is 13.9. The lowest BCUT2D eigenvalue weighted by atomic mass is 10.0. The van der Waals surface area contributed by atoms with Crippen LogP contribution in [0.1, 0.15) is 213 Å². The Bertz CT molecular complexity index is 1090.